The van der Waals surface area contributed by atoms with E-state index < -0.39 is 0 Å². The van der Waals surface area contributed by atoms with E-state index in [9.17, 15) is 4.39 Å². The zero-order valence-corrected chi connectivity index (χ0v) is 22.1. The highest BCUT2D eigenvalue weighted by Crippen LogP contribution is 2.32. The zero-order valence-electron chi connectivity index (χ0n) is 21.2. The highest BCUT2D eigenvalue weighted by Gasteiger charge is 2.27. The average Bonchev–Trinajstić information content (AvgIpc) is 3.61. The Hall–Kier alpha value is -3.17. The van der Waals surface area contributed by atoms with Crippen LogP contribution >= 0.6 is 11.8 Å². The van der Waals surface area contributed by atoms with Crippen molar-refractivity contribution < 1.29 is 4.39 Å². The number of nitrogens with zero attached hydrogens (tertiary/aromatic N) is 5. The molecule has 0 bridgehead atoms. The van der Waals surface area contributed by atoms with Crippen LogP contribution in [0.4, 0.5) is 10.2 Å². The van der Waals surface area contributed by atoms with Crippen LogP contribution in [0.2, 0.25) is 0 Å². The van der Waals surface area contributed by atoms with Crippen LogP contribution in [0.1, 0.15) is 30.3 Å². The number of hydrogen-bond donors (Lipinski definition) is 2. The van der Waals surface area contributed by atoms with Crippen molar-refractivity contribution in [1.82, 2.24) is 24.8 Å². The second-order valence-electron chi connectivity index (χ2n) is 9.51. The van der Waals surface area contributed by atoms with Gasteiger partial charge in [-0.05, 0) is 61.1 Å². The molecule has 4 heterocycles. The van der Waals surface area contributed by atoms with E-state index in [4.69, 9.17) is 10.4 Å². The second-order valence-corrected chi connectivity index (χ2v) is 10.5. The van der Waals surface area contributed by atoms with Crippen molar-refractivity contribution in [3.8, 4) is 11.4 Å². The van der Waals surface area contributed by atoms with Gasteiger partial charge in [-0.15, -0.1) is 0 Å². The number of piperazine rings is 1. The lowest BCUT2D eigenvalue weighted by Gasteiger charge is -2.35. The SMILES string of the molecule is CSCCN1CCN(c2cccc(-c3cnc(/C=C\C(=N)N4CCCC4c4cccc(F)c4)[nH]3)n2)CC1. The molecule has 2 N–H and O–H groups in total. The number of imidazole rings is 1. The molecule has 37 heavy (non-hydrogen) atoms. The lowest BCUT2D eigenvalue weighted by molar-refractivity contribution is 0.273. The van der Waals surface area contributed by atoms with Gasteiger partial charge in [0.05, 0.1) is 23.6 Å². The summed E-state index contributed by atoms with van der Waals surface area (Å²) in [5.74, 6) is 3.01. The number of hydrogen-bond acceptors (Lipinski definition) is 6. The summed E-state index contributed by atoms with van der Waals surface area (Å²) in [6.45, 7) is 6.03. The van der Waals surface area contributed by atoms with Crippen molar-refractivity contribution in [2.45, 2.75) is 18.9 Å². The van der Waals surface area contributed by atoms with Crippen LogP contribution in [0, 0.1) is 11.2 Å². The topological polar surface area (TPSA) is 75.1 Å². The Labute approximate surface area is 222 Å². The third-order valence-electron chi connectivity index (χ3n) is 7.11. The Morgan fingerprint density at radius 3 is 2.81 bits per heavy atom. The van der Waals surface area contributed by atoms with Gasteiger partial charge in [0.25, 0.3) is 0 Å². The number of halogens is 1. The van der Waals surface area contributed by atoms with E-state index in [0.29, 0.717) is 11.7 Å². The quantitative estimate of drug-likeness (QED) is 0.325. The molecular formula is C28H34FN7S. The molecule has 0 saturated carbocycles. The van der Waals surface area contributed by atoms with Crippen LogP contribution in [0.15, 0.2) is 54.7 Å². The molecule has 0 spiro atoms. The number of aromatic nitrogens is 3. The minimum Gasteiger partial charge on any atom is -0.354 e. The molecule has 3 aromatic rings. The molecule has 5 rings (SSSR count). The molecular weight excluding hydrogens is 485 g/mol. The van der Waals surface area contributed by atoms with Crippen molar-refractivity contribution in [3.63, 3.8) is 0 Å². The number of likely N-dealkylation sites (tertiary alicyclic amines) is 1. The molecule has 0 amide bonds. The molecule has 7 nitrogen and oxygen atoms in total. The molecule has 1 unspecified atom stereocenters. The Kier molecular flexibility index (Phi) is 8.21. The number of anilines is 1. The number of rotatable bonds is 8. The predicted molar refractivity (Wildman–Crippen MR) is 151 cm³/mol. The summed E-state index contributed by atoms with van der Waals surface area (Å²) < 4.78 is 13.7. The standard InChI is InChI=1S/C28H34FN7S/c1-37-18-17-34-13-15-35(16-14-34)28-9-3-7-23(33-28)24-20-31-27(32-24)11-10-26(30)36-12-4-8-25(36)21-5-2-6-22(29)19-21/h2-3,5-7,9-11,19-20,25,30H,4,8,12-18H2,1H3,(H,31,32)/b11-10-,30-26?. The van der Waals surface area contributed by atoms with Crippen LogP contribution in [0.25, 0.3) is 17.5 Å². The maximum absolute atomic E-state index is 13.7. The lowest BCUT2D eigenvalue weighted by Crippen LogP contribution is -2.47. The number of amidine groups is 1. The first kappa shape index (κ1) is 25.5. The van der Waals surface area contributed by atoms with Gasteiger partial charge in [0, 0.05) is 45.0 Å². The third kappa shape index (κ3) is 6.22. The smallest absolute Gasteiger partial charge is 0.130 e. The minimum absolute atomic E-state index is 0.0272. The summed E-state index contributed by atoms with van der Waals surface area (Å²) in [5.41, 5.74) is 2.63. The van der Waals surface area contributed by atoms with Gasteiger partial charge >= 0.3 is 0 Å². The monoisotopic (exact) mass is 519 g/mol. The van der Waals surface area contributed by atoms with Gasteiger partial charge in [-0.3, -0.25) is 10.3 Å². The highest BCUT2D eigenvalue weighted by molar-refractivity contribution is 7.98. The van der Waals surface area contributed by atoms with Crippen molar-refractivity contribution in [2.24, 2.45) is 0 Å². The largest absolute Gasteiger partial charge is 0.354 e. The second kappa shape index (κ2) is 11.9. The van der Waals surface area contributed by atoms with E-state index >= 15 is 0 Å². The molecule has 9 heteroatoms. The Morgan fingerprint density at radius 1 is 1.16 bits per heavy atom. The van der Waals surface area contributed by atoms with Crippen molar-refractivity contribution >= 4 is 29.5 Å². The number of H-pyrrole nitrogens is 1. The molecule has 2 aliphatic heterocycles. The van der Waals surface area contributed by atoms with Gasteiger partial charge in [-0.2, -0.15) is 11.8 Å². The predicted octanol–water partition coefficient (Wildman–Crippen LogP) is 4.92. The van der Waals surface area contributed by atoms with Gasteiger partial charge in [-0.25, -0.2) is 14.4 Å². The summed E-state index contributed by atoms with van der Waals surface area (Å²) in [7, 11) is 0. The maximum atomic E-state index is 13.7. The minimum atomic E-state index is -0.236. The first-order chi connectivity index (χ1) is 18.1. The normalized spacial score (nSPS) is 18.7. The first-order valence-corrected chi connectivity index (χ1v) is 14.3. The average molecular weight is 520 g/mol. The molecule has 2 saturated heterocycles. The van der Waals surface area contributed by atoms with Crippen molar-refractivity contribution in [1.29, 1.82) is 5.41 Å². The molecule has 1 aromatic carbocycles. The molecule has 194 valence electrons. The molecule has 2 fully saturated rings. The fraction of sp³-hybridized carbons (Fsp3) is 0.393. The molecule has 0 aliphatic carbocycles. The van der Waals surface area contributed by atoms with E-state index in [2.05, 4.69) is 32.1 Å². The van der Waals surface area contributed by atoms with Crippen LogP contribution in [-0.2, 0) is 0 Å². The maximum Gasteiger partial charge on any atom is 0.130 e. The molecule has 2 aromatic heterocycles. The Bertz CT molecular complexity index is 1230. The van der Waals surface area contributed by atoms with E-state index in [1.165, 1.54) is 11.8 Å². The number of nitrogens with one attached hydrogen (secondary N) is 2. The van der Waals surface area contributed by atoms with Gasteiger partial charge in [0.1, 0.15) is 23.3 Å². The number of aromatic amines is 1. The van der Waals surface area contributed by atoms with Crippen LogP contribution in [-0.4, -0.2) is 81.9 Å². The molecule has 2 aliphatic rings. The summed E-state index contributed by atoms with van der Waals surface area (Å²) >= 11 is 1.90. The number of pyridine rings is 1. The van der Waals surface area contributed by atoms with Gasteiger partial charge in [0.2, 0.25) is 0 Å². The fourth-order valence-corrected chi connectivity index (χ4v) is 5.53. The van der Waals surface area contributed by atoms with Gasteiger partial charge < -0.3 is 14.8 Å². The lowest BCUT2D eigenvalue weighted by atomic mass is 10.0. The van der Waals surface area contributed by atoms with Gasteiger partial charge in [0.15, 0.2) is 0 Å². The van der Waals surface area contributed by atoms with Crippen LogP contribution in [0.5, 0.6) is 0 Å². The van der Waals surface area contributed by atoms with Crippen molar-refractivity contribution in [2.75, 3.05) is 56.2 Å². The Morgan fingerprint density at radius 2 is 2.00 bits per heavy atom. The van der Waals surface area contributed by atoms with Crippen molar-refractivity contribution in [3.05, 3.63) is 71.9 Å². The first-order valence-electron chi connectivity index (χ1n) is 12.9. The molecule has 0 radical (unpaired) electrons. The summed E-state index contributed by atoms with van der Waals surface area (Å²) in [6, 6.07) is 12.9. The van der Waals surface area contributed by atoms with Gasteiger partial charge in [-0.1, -0.05) is 18.2 Å². The summed E-state index contributed by atoms with van der Waals surface area (Å²) in [5, 5.41) is 8.61. The zero-order chi connectivity index (χ0) is 25.6. The molecule has 1 atom stereocenters. The third-order valence-corrected chi connectivity index (χ3v) is 7.70. The van der Waals surface area contributed by atoms with E-state index in [1.54, 1.807) is 24.4 Å². The van der Waals surface area contributed by atoms with Crippen LogP contribution < -0.4 is 4.90 Å². The number of benzene rings is 1. The summed E-state index contributed by atoms with van der Waals surface area (Å²) in [6.07, 6.45) is 9.44. The summed E-state index contributed by atoms with van der Waals surface area (Å²) in [4.78, 5) is 19.6. The van der Waals surface area contributed by atoms with Crippen LogP contribution in [0.3, 0.4) is 0 Å². The number of thioether (sulfide) groups is 1. The van der Waals surface area contributed by atoms with E-state index in [-0.39, 0.29) is 11.9 Å². The Balaban J connectivity index is 1.22. The highest BCUT2D eigenvalue weighted by atomic mass is 32.2. The van der Waals surface area contributed by atoms with E-state index in [0.717, 1.165) is 74.9 Å². The van der Waals surface area contributed by atoms with E-state index in [1.807, 2.05) is 40.9 Å². The fourth-order valence-electron chi connectivity index (χ4n) is 5.09.